The van der Waals surface area contributed by atoms with Gasteiger partial charge in [0.25, 0.3) is 0 Å². The summed E-state index contributed by atoms with van der Waals surface area (Å²) < 4.78 is 0. The second-order valence-corrected chi connectivity index (χ2v) is 21.5. The van der Waals surface area contributed by atoms with E-state index in [9.17, 15) is 0 Å². The lowest BCUT2D eigenvalue weighted by atomic mass is 9.67. The average Bonchev–Trinajstić information content (AvgIpc) is 3.37. The minimum atomic E-state index is -0.109. The van der Waals surface area contributed by atoms with E-state index >= 15 is 0 Å². The molecule has 0 heterocycles. The third kappa shape index (κ3) is 9.32. The van der Waals surface area contributed by atoms with Crippen molar-refractivity contribution >= 4 is 21.5 Å². The highest BCUT2D eigenvalue weighted by molar-refractivity contribution is 6.07. The Morgan fingerprint density at radius 2 is 0.809 bits per heavy atom. The molecule has 0 aromatic heterocycles. The topological polar surface area (TPSA) is 0 Å². The van der Waals surface area contributed by atoms with Crippen LogP contribution in [0, 0.1) is 11.8 Å². The molecule has 68 heavy (non-hydrogen) atoms. The van der Waals surface area contributed by atoms with Crippen molar-refractivity contribution in [3.8, 4) is 0 Å². The lowest BCUT2D eigenvalue weighted by Gasteiger charge is -2.37. The standard InChI is InChI=1S/C68H72/c1-9-51(38-32-49-35-43-57(44-36-49)68(7,8)63-31-21-16-22-48(63)2)64-59-27-17-19-29-61(59)65(62-30-20-18-28-60(62)64)58(52-39-45-56(46-40-52)67(5,6)54-25-14-11-15-26-54)47-37-50-33-41-55(42-34-50)66(3,4)53-23-12-10-13-24-53/h10-31,33-36,39-46,48,51,58,63H,9,32,37-38,47H2,1-8H3. The van der Waals surface area contributed by atoms with Crippen molar-refractivity contribution in [1.29, 1.82) is 0 Å². The molecule has 8 aromatic carbocycles. The van der Waals surface area contributed by atoms with E-state index in [1.54, 1.807) is 0 Å². The molecule has 0 saturated heterocycles. The molecule has 0 fully saturated rings. The summed E-state index contributed by atoms with van der Waals surface area (Å²) >= 11 is 0. The monoisotopic (exact) mass is 889 g/mol. The van der Waals surface area contributed by atoms with E-state index in [-0.39, 0.29) is 22.2 Å². The number of aryl methyl sites for hydroxylation is 2. The van der Waals surface area contributed by atoms with E-state index < -0.39 is 0 Å². The molecule has 0 nitrogen and oxygen atoms in total. The van der Waals surface area contributed by atoms with Crippen molar-refractivity contribution in [1.82, 2.24) is 0 Å². The Hall–Kier alpha value is -6.24. The zero-order chi connectivity index (χ0) is 47.5. The normalized spacial score (nSPS) is 16.3. The lowest BCUT2D eigenvalue weighted by Crippen LogP contribution is -2.32. The number of benzene rings is 8. The van der Waals surface area contributed by atoms with Crippen molar-refractivity contribution in [2.75, 3.05) is 0 Å². The highest BCUT2D eigenvalue weighted by atomic mass is 14.4. The lowest BCUT2D eigenvalue weighted by molar-refractivity contribution is 0.318. The fraction of sp³-hybridized carbons (Fsp3) is 0.294. The van der Waals surface area contributed by atoms with Gasteiger partial charge in [-0.15, -0.1) is 0 Å². The molecule has 0 saturated carbocycles. The van der Waals surface area contributed by atoms with Gasteiger partial charge in [-0.2, -0.15) is 0 Å². The number of fused-ring (bicyclic) bond motifs is 2. The van der Waals surface area contributed by atoms with Crippen LogP contribution < -0.4 is 0 Å². The maximum absolute atomic E-state index is 2.44. The van der Waals surface area contributed by atoms with Crippen LogP contribution in [0.2, 0.25) is 0 Å². The van der Waals surface area contributed by atoms with Gasteiger partial charge in [0, 0.05) is 16.7 Å². The summed E-state index contributed by atoms with van der Waals surface area (Å²) in [5.41, 5.74) is 13.8. The molecule has 0 bridgehead atoms. The maximum atomic E-state index is 2.44. The SMILES string of the molecule is CCC(CCc1ccc(C(C)(C)C2C=CC=CC2C)cc1)c1c2ccccc2c(C(CCc2ccc(C(C)(C)c3ccccc3)cc2)c2ccc(C(C)(C)c3ccccc3)cc2)c2ccccc12. The van der Waals surface area contributed by atoms with Crippen molar-refractivity contribution in [2.45, 2.75) is 116 Å². The predicted octanol–water partition coefficient (Wildman–Crippen LogP) is 18.2. The van der Waals surface area contributed by atoms with Gasteiger partial charge >= 0.3 is 0 Å². The third-order valence-electron chi connectivity index (χ3n) is 16.4. The Morgan fingerprint density at radius 3 is 1.28 bits per heavy atom. The summed E-state index contributed by atoms with van der Waals surface area (Å²) in [6, 6.07) is 69.4. The van der Waals surface area contributed by atoms with Gasteiger partial charge in [0.1, 0.15) is 0 Å². The van der Waals surface area contributed by atoms with E-state index in [0.717, 1.165) is 32.1 Å². The van der Waals surface area contributed by atoms with E-state index in [2.05, 4.69) is 262 Å². The number of allylic oxidation sites excluding steroid dienone is 4. The molecule has 4 atom stereocenters. The molecule has 0 radical (unpaired) electrons. The van der Waals surface area contributed by atoms with Crippen LogP contribution in [0.15, 0.2) is 206 Å². The Kier molecular flexibility index (Phi) is 13.6. The van der Waals surface area contributed by atoms with Crippen LogP contribution in [-0.2, 0) is 29.1 Å². The maximum Gasteiger partial charge on any atom is 0.0146 e. The molecule has 9 rings (SSSR count). The molecular weight excluding hydrogens is 817 g/mol. The Labute approximate surface area is 408 Å². The zero-order valence-corrected chi connectivity index (χ0v) is 42.0. The third-order valence-corrected chi connectivity index (χ3v) is 16.4. The Morgan fingerprint density at radius 1 is 0.412 bits per heavy atom. The minimum absolute atomic E-state index is 0.0632. The van der Waals surface area contributed by atoms with Gasteiger partial charge in [-0.05, 0) is 132 Å². The van der Waals surface area contributed by atoms with E-state index in [4.69, 9.17) is 0 Å². The molecule has 0 amide bonds. The van der Waals surface area contributed by atoms with Crippen LogP contribution in [0.4, 0.5) is 0 Å². The molecule has 4 unspecified atom stereocenters. The Bertz CT molecular complexity index is 2940. The number of hydrogen-bond acceptors (Lipinski definition) is 0. The minimum Gasteiger partial charge on any atom is -0.0811 e. The van der Waals surface area contributed by atoms with Crippen LogP contribution in [0.5, 0.6) is 0 Å². The molecule has 0 spiro atoms. The summed E-state index contributed by atoms with van der Waals surface area (Å²) in [7, 11) is 0. The molecule has 8 aromatic rings. The molecular formula is C68H72. The van der Waals surface area contributed by atoms with Gasteiger partial charge in [0.05, 0.1) is 0 Å². The zero-order valence-electron chi connectivity index (χ0n) is 42.0. The van der Waals surface area contributed by atoms with E-state index in [1.165, 1.54) is 77.2 Å². The van der Waals surface area contributed by atoms with Crippen LogP contribution >= 0.6 is 0 Å². The smallest absolute Gasteiger partial charge is 0.0146 e. The van der Waals surface area contributed by atoms with E-state index in [0.29, 0.717) is 17.8 Å². The molecule has 1 aliphatic carbocycles. The second-order valence-electron chi connectivity index (χ2n) is 21.5. The summed E-state index contributed by atoms with van der Waals surface area (Å²) in [6.45, 7) is 19.0. The predicted molar refractivity (Wildman–Crippen MR) is 293 cm³/mol. The van der Waals surface area contributed by atoms with Crippen molar-refractivity contribution in [3.05, 3.63) is 262 Å². The molecule has 1 aliphatic rings. The first-order valence-corrected chi connectivity index (χ1v) is 25.6. The molecule has 0 N–H and O–H groups in total. The summed E-state index contributed by atoms with van der Waals surface area (Å²) in [5, 5.41) is 5.61. The molecule has 0 aliphatic heterocycles. The van der Waals surface area contributed by atoms with Crippen LogP contribution in [0.25, 0.3) is 21.5 Å². The molecule has 344 valence electrons. The number of rotatable bonds is 16. The largest absolute Gasteiger partial charge is 0.0811 e. The van der Waals surface area contributed by atoms with Gasteiger partial charge in [-0.1, -0.05) is 262 Å². The fourth-order valence-electron chi connectivity index (χ4n) is 11.9. The first kappa shape index (κ1) is 46.9. The first-order valence-electron chi connectivity index (χ1n) is 25.6. The van der Waals surface area contributed by atoms with Crippen molar-refractivity contribution < 1.29 is 0 Å². The average molecular weight is 889 g/mol. The van der Waals surface area contributed by atoms with Crippen LogP contribution in [-0.4, -0.2) is 0 Å². The quantitative estimate of drug-likeness (QED) is 0.0848. The van der Waals surface area contributed by atoms with Gasteiger partial charge in [-0.3, -0.25) is 0 Å². The summed E-state index contributed by atoms with van der Waals surface area (Å²) in [4.78, 5) is 0. The highest BCUT2D eigenvalue weighted by Crippen LogP contribution is 2.46. The van der Waals surface area contributed by atoms with Gasteiger partial charge in [-0.25, -0.2) is 0 Å². The van der Waals surface area contributed by atoms with Gasteiger partial charge in [0.2, 0.25) is 0 Å². The second kappa shape index (κ2) is 19.8. The van der Waals surface area contributed by atoms with Crippen molar-refractivity contribution in [3.63, 3.8) is 0 Å². The van der Waals surface area contributed by atoms with Crippen molar-refractivity contribution in [2.24, 2.45) is 11.8 Å². The fourth-order valence-corrected chi connectivity index (χ4v) is 11.9. The summed E-state index contributed by atoms with van der Waals surface area (Å²) in [5.74, 6) is 1.63. The highest BCUT2D eigenvalue weighted by Gasteiger charge is 2.33. The van der Waals surface area contributed by atoms with Gasteiger partial charge < -0.3 is 0 Å². The first-order chi connectivity index (χ1) is 32.9. The Balaban J connectivity index is 1.07. The number of hydrogen-bond donors (Lipinski definition) is 0. The van der Waals surface area contributed by atoms with Crippen LogP contribution in [0.1, 0.15) is 142 Å². The van der Waals surface area contributed by atoms with Crippen LogP contribution in [0.3, 0.4) is 0 Å². The van der Waals surface area contributed by atoms with E-state index in [1.807, 2.05) is 0 Å². The summed E-state index contributed by atoms with van der Waals surface area (Å²) in [6.07, 6.45) is 14.4. The van der Waals surface area contributed by atoms with Gasteiger partial charge in [0.15, 0.2) is 0 Å². The molecule has 0 heteroatoms.